The number of benzene rings is 2. The van der Waals surface area contributed by atoms with E-state index < -0.39 is 12.1 Å². The third-order valence-electron chi connectivity index (χ3n) is 5.54. The highest BCUT2D eigenvalue weighted by Gasteiger charge is 2.33. The van der Waals surface area contributed by atoms with Crippen molar-refractivity contribution < 1.29 is 23.8 Å². The number of aromatic nitrogens is 1. The van der Waals surface area contributed by atoms with Crippen molar-refractivity contribution in [2.75, 3.05) is 31.8 Å². The summed E-state index contributed by atoms with van der Waals surface area (Å²) in [7, 11) is 1.67. The van der Waals surface area contributed by atoms with Crippen LogP contribution in [0.3, 0.4) is 0 Å². The summed E-state index contributed by atoms with van der Waals surface area (Å²) >= 11 is 1.57. The normalized spacial score (nSPS) is 15.1. The van der Waals surface area contributed by atoms with E-state index in [1.165, 1.54) is 10.5 Å². The number of esters is 1. The lowest BCUT2D eigenvalue weighted by Gasteiger charge is -2.32. The van der Waals surface area contributed by atoms with E-state index in [0.717, 1.165) is 35.5 Å². The third kappa shape index (κ3) is 5.81. The first-order valence-corrected chi connectivity index (χ1v) is 12.2. The highest BCUT2D eigenvalue weighted by Crippen LogP contribution is 2.37. The predicted octanol–water partition coefficient (Wildman–Crippen LogP) is 4.29. The van der Waals surface area contributed by atoms with Crippen LogP contribution in [0.5, 0.6) is 5.75 Å². The summed E-state index contributed by atoms with van der Waals surface area (Å²) in [5, 5.41) is 2.96. The molecule has 0 radical (unpaired) electrons. The molecule has 8 heteroatoms. The number of carbonyl (C=O) groups excluding carboxylic acids is 2. The third-order valence-corrected chi connectivity index (χ3v) is 6.45. The Morgan fingerprint density at radius 1 is 1.15 bits per heavy atom. The Labute approximate surface area is 203 Å². The van der Waals surface area contributed by atoms with Crippen LogP contribution in [0.4, 0.5) is 5.69 Å². The molecule has 1 unspecified atom stereocenters. The van der Waals surface area contributed by atoms with Crippen LogP contribution >= 0.6 is 11.3 Å². The van der Waals surface area contributed by atoms with Gasteiger partial charge in [0, 0.05) is 24.5 Å². The van der Waals surface area contributed by atoms with Gasteiger partial charge in [-0.1, -0.05) is 30.3 Å². The first kappa shape index (κ1) is 23.9. The molecule has 2 heterocycles. The summed E-state index contributed by atoms with van der Waals surface area (Å²) in [5.41, 5.74) is 3.41. The fraction of sp³-hybridized carbons (Fsp3) is 0.346. The molecule has 1 aromatic heterocycles. The summed E-state index contributed by atoms with van der Waals surface area (Å²) < 4.78 is 16.3. The van der Waals surface area contributed by atoms with E-state index >= 15 is 0 Å². The minimum absolute atomic E-state index is 0.162. The average Bonchev–Trinajstić information content (AvgIpc) is 3.33. The first-order valence-electron chi connectivity index (χ1n) is 11.3. The molecule has 0 bridgehead atoms. The molecule has 0 saturated carbocycles. The van der Waals surface area contributed by atoms with E-state index in [1.54, 1.807) is 25.4 Å². The molecule has 0 spiro atoms. The molecular weight excluding hydrogens is 452 g/mol. The fourth-order valence-electron chi connectivity index (χ4n) is 3.76. The zero-order valence-electron chi connectivity index (χ0n) is 19.4. The Morgan fingerprint density at radius 3 is 2.76 bits per heavy atom. The van der Waals surface area contributed by atoms with Crippen LogP contribution in [-0.2, 0) is 31.9 Å². The summed E-state index contributed by atoms with van der Waals surface area (Å²) in [6, 6.07) is 15.6. The Hall–Kier alpha value is -3.23. The number of rotatable bonds is 10. The van der Waals surface area contributed by atoms with E-state index in [0.29, 0.717) is 24.7 Å². The molecule has 1 aliphatic rings. The van der Waals surface area contributed by atoms with E-state index in [9.17, 15) is 9.59 Å². The molecule has 34 heavy (non-hydrogen) atoms. The van der Waals surface area contributed by atoms with Gasteiger partial charge in [-0.2, -0.15) is 0 Å². The highest BCUT2D eigenvalue weighted by atomic mass is 32.1. The van der Waals surface area contributed by atoms with Crippen molar-refractivity contribution in [3.63, 3.8) is 0 Å². The maximum atomic E-state index is 12.9. The summed E-state index contributed by atoms with van der Waals surface area (Å²) in [6.45, 7) is 2.43. The van der Waals surface area contributed by atoms with Crippen LogP contribution < -0.4 is 9.64 Å². The van der Waals surface area contributed by atoms with E-state index in [4.69, 9.17) is 14.2 Å². The van der Waals surface area contributed by atoms with E-state index in [2.05, 4.69) is 4.98 Å². The van der Waals surface area contributed by atoms with Gasteiger partial charge in [0.2, 0.25) is 0 Å². The molecule has 0 fully saturated rings. The maximum Gasteiger partial charge on any atom is 0.326 e. The highest BCUT2D eigenvalue weighted by molar-refractivity contribution is 7.09. The molecular formula is C26H28N2O5S. The topological polar surface area (TPSA) is 78.0 Å². The van der Waals surface area contributed by atoms with Gasteiger partial charge in [-0.15, -0.1) is 11.3 Å². The van der Waals surface area contributed by atoms with Gasteiger partial charge in [-0.05, 0) is 43.5 Å². The van der Waals surface area contributed by atoms with Gasteiger partial charge in [-0.3, -0.25) is 14.5 Å². The van der Waals surface area contributed by atoms with Crippen LogP contribution in [0, 0.1) is 0 Å². The summed E-state index contributed by atoms with van der Waals surface area (Å²) in [4.78, 5) is 31.6. The summed E-state index contributed by atoms with van der Waals surface area (Å²) in [5.74, 6) is -0.158. The summed E-state index contributed by atoms with van der Waals surface area (Å²) in [6.07, 6.45) is 1.62. The number of hydrogen-bond donors (Lipinski definition) is 0. The minimum atomic E-state index is -0.677. The van der Waals surface area contributed by atoms with Crippen molar-refractivity contribution in [2.45, 2.75) is 32.3 Å². The van der Waals surface area contributed by atoms with Gasteiger partial charge in [0.15, 0.2) is 6.10 Å². The quantitative estimate of drug-likeness (QED) is 0.318. The van der Waals surface area contributed by atoms with Gasteiger partial charge in [0.1, 0.15) is 12.3 Å². The largest absolute Gasteiger partial charge is 0.479 e. The number of fused-ring (bicyclic) bond motifs is 1. The van der Waals surface area contributed by atoms with Gasteiger partial charge >= 0.3 is 5.97 Å². The zero-order chi connectivity index (χ0) is 23.9. The standard InChI is InChI=1S/C26H28N2O5S/c1-18-26(30)28(16-25(29)32-13-6-9-19-7-4-3-5-8-19)22-15-20(10-11-23(22)33-18)21-17-34-24(27-21)12-14-31-2/h3-5,7-8,10-11,15,17-18H,6,9,12-14,16H2,1-2H3. The molecule has 3 aromatic rings. The molecule has 4 rings (SSSR count). The average molecular weight is 481 g/mol. The van der Waals surface area contributed by atoms with Crippen LogP contribution in [0.15, 0.2) is 53.9 Å². The molecule has 0 saturated heterocycles. The number of carbonyl (C=O) groups is 2. The Balaban J connectivity index is 1.43. The first-order chi connectivity index (χ1) is 16.5. The van der Waals surface area contributed by atoms with E-state index in [1.807, 2.05) is 53.9 Å². The number of aryl methyl sites for hydroxylation is 1. The van der Waals surface area contributed by atoms with Gasteiger partial charge in [0.05, 0.1) is 29.6 Å². The Morgan fingerprint density at radius 2 is 1.97 bits per heavy atom. The van der Waals surface area contributed by atoms with Crippen LogP contribution in [0.1, 0.15) is 23.9 Å². The van der Waals surface area contributed by atoms with Crippen molar-refractivity contribution in [3.05, 3.63) is 64.5 Å². The van der Waals surface area contributed by atoms with Crippen molar-refractivity contribution in [2.24, 2.45) is 0 Å². The molecule has 2 aromatic carbocycles. The zero-order valence-corrected chi connectivity index (χ0v) is 20.2. The minimum Gasteiger partial charge on any atom is -0.479 e. The number of ether oxygens (including phenoxy) is 3. The van der Waals surface area contributed by atoms with Crippen molar-refractivity contribution in [1.82, 2.24) is 4.98 Å². The SMILES string of the molecule is COCCc1nc(-c2ccc3c(c2)N(CC(=O)OCCCc2ccccc2)C(=O)C(C)O3)cs1. The second kappa shape index (κ2) is 11.3. The van der Waals surface area contributed by atoms with E-state index in [-0.39, 0.29) is 12.5 Å². The lowest BCUT2D eigenvalue weighted by atomic mass is 10.1. The monoisotopic (exact) mass is 480 g/mol. The lowest BCUT2D eigenvalue weighted by molar-refractivity contribution is -0.143. The van der Waals surface area contributed by atoms with Crippen molar-refractivity contribution in [3.8, 4) is 17.0 Å². The number of amides is 1. The second-order valence-electron chi connectivity index (χ2n) is 8.05. The molecule has 1 amide bonds. The second-order valence-corrected chi connectivity index (χ2v) is 8.99. The van der Waals surface area contributed by atoms with Gasteiger partial charge in [-0.25, -0.2) is 4.98 Å². The Bertz CT molecular complexity index is 1130. The molecule has 0 N–H and O–H groups in total. The fourth-order valence-corrected chi connectivity index (χ4v) is 4.55. The predicted molar refractivity (Wildman–Crippen MR) is 131 cm³/mol. The number of anilines is 1. The number of hydrogen-bond acceptors (Lipinski definition) is 7. The van der Waals surface area contributed by atoms with Crippen molar-refractivity contribution in [1.29, 1.82) is 0 Å². The smallest absolute Gasteiger partial charge is 0.326 e. The number of nitrogens with zero attached hydrogens (tertiary/aromatic N) is 2. The van der Waals surface area contributed by atoms with Gasteiger partial charge < -0.3 is 14.2 Å². The molecule has 1 aliphatic heterocycles. The number of methoxy groups -OCH3 is 1. The van der Waals surface area contributed by atoms with Crippen LogP contribution in [-0.4, -0.2) is 49.8 Å². The molecule has 1 atom stereocenters. The Kier molecular flexibility index (Phi) is 7.92. The molecule has 178 valence electrons. The van der Waals surface area contributed by atoms with Crippen LogP contribution in [0.2, 0.25) is 0 Å². The number of thiazole rings is 1. The van der Waals surface area contributed by atoms with Crippen molar-refractivity contribution >= 4 is 28.9 Å². The lowest BCUT2D eigenvalue weighted by Crippen LogP contribution is -2.47. The molecule has 0 aliphatic carbocycles. The van der Waals surface area contributed by atoms with Crippen LogP contribution in [0.25, 0.3) is 11.3 Å². The maximum absolute atomic E-state index is 12.9. The van der Waals surface area contributed by atoms with Gasteiger partial charge in [0.25, 0.3) is 5.91 Å². The molecule has 7 nitrogen and oxygen atoms in total.